The van der Waals surface area contributed by atoms with E-state index in [9.17, 15) is 8.42 Å². The molecule has 0 aliphatic carbocycles. The summed E-state index contributed by atoms with van der Waals surface area (Å²) in [4.78, 5) is 1.93. The summed E-state index contributed by atoms with van der Waals surface area (Å²) in [5.41, 5.74) is 7.52. The van der Waals surface area contributed by atoms with Gasteiger partial charge in [-0.25, -0.2) is 8.42 Å². The number of rotatable bonds is 6. The molecule has 0 unspecified atom stereocenters. The van der Waals surface area contributed by atoms with Crippen LogP contribution in [0.4, 0.5) is 5.69 Å². The molecule has 1 aromatic carbocycles. The molecule has 1 rings (SSSR count). The Bertz CT molecular complexity index is 500. The lowest BCUT2D eigenvalue weighted by molar-refractivity contribution is 0.346. The molecule has 0 spiro atoms. The molecule has 0 fully saturated rings. The Morgan fingerprint density at radius 1 is 1.39 bits per heavy atom. The Balaban J connectivity index is 2.62. The molecule has 5 nitrogen and oxygen atoms in total. The van der Waals surface area contributed by atoms with E-state index in [1.54, 1.807) is 13.2 Å². The zero-order valence-corrected chi connectivity index (χ0v) is 11.8. The lowest BCUT2D eigenvalue weighted by Gasteiger charge is -2.17. The molecule has 0 amide bonds. The summed E-state index contributed by atoms with van der Waals surface area (Å²) in [6, 6.07) is 5.50. The fraction of sp³-hybridized carbons (Fsp3) is 0.500. The molecule has 6 heteroatoms. The number of nitrogens with zero attached hydrogens (tertiary/aromatic N) is 1. The maximum atomic E-state index is 11.1. The summed E-state index contributed by atoms with van der Waals surface area (Å²) < 4.78 is 27.2. The highest BCUT2D eigenvalue weighted by molar-refractivity contribution is 7.90. The molecule has 0 heterocycles. The Kier molecular flexibility index (Phi) is 4.98. The molecule has 0 saturated carbocycles. The van der Waals surface area contributed by atoms with Crippen LogP contribution in [0.25, 0.3) is 0 Å². The number of nitrogens with two attached hydrogens (primary N) is 1. The molecule has 0 saturated heterocycles. The van der Waals surface area contributed by atoms with Crippen molar-refractivity contribution in [3.05, 3.63) is 23.8 Å². The minimum Gasteiger partial charge on any atom is -0.497 e. The quantitative estimate of drug-likeness (QED) is 0.774. The number of methoxy groups -OCH3 is 1. The number of ether oxygens (including phenoxy) is 1. The summed E-state index contributed by atoms with van der Waals surface area (Å²) in [6.07, 6.45) is 1.24. The highest BCUT2D eigenvalue weighted by Crippen LogP contribution is 2.20. The van der Waals surface area contributed by atoms with Gasteiger partial charge in [-0.2, -0.15) is 0 Å². The van der Waals surface area contributed by atoms with Gasteiger partial charge in [0.15, 0.2) is 0 Å². The van der Waals surface area contributed by atoms with Crippen LogP contribution in [0.3, 0.4) is 0 Å². The number of sulfone groups is 1. The van der Waals surface area contributed by atoms with Crippen molar-refractivity contribution in [2.45, 2.75) is 6.54 Å². The van der Waals surface area contributed by atoms with Crippen molar-refractivity contribution >= 4 is 15.5 Å². The first kappa shape index (κ1) is 14.8. The highest BCUT2D eigenvalue weighted by Gasteiger charge is 2.08. The largest absolute Gasteiger partial charge is 0.497 e. The van der Waals surface area contributed by atoms with Crippen LogP contribution in [-0.4, -0.2) is 46.0 Å². The second kappa shape index (κ2) is 6.06. The Morgan fingerprint density at radius 2 is 2.06 bits per heavy atom. The lowest BCUT2D eigenvalue weighted by atomic mass is 10.1. The summed E-state index contributed by atoms with van der Waals surface area (Å²) in [6.45, 7) is 1.11. The van der Waals surface area contributed by atoms with Crippen LogP contribution in [-0.2, 0) is 16.4 Å². The average molecular weight is 272 g/mol. The van der Waals surface area contributed by atoms with Crippen molar-refractivity contribution in [3.8, 4) is 5.75 Å². The number of hydrogen-bond donors (Lipinski definition) is 1. The smallest absolute Gasteiger partial charge is 0.148 e. The van der Waals surface area contributed by atoms with Gasteiger partial charge in [0, 0.05) is 31.1 Å². The molecule has 2 N–H and O–H groups in total. The molecule has 0 aromatic heterocycles. The Labute approximate surface area is 108 Å². The Hall–Kier alpha value is -1.27. The molecule has 0 aliphatic heterocycles. The van der Waals surface area contributed by atoms with Crippen molar-refractivity contribution in [1.29, 1.82) is 0 Å². The minimum absolute atomic E-state index is 0.152. The summed E-state index contributed by atoms with van der Waals surface area (Å²) in [5, 5.41) is 0. The van der Waals surface area contributed by atoms with Crippen LogP contribution in [0.1, 0.15) is 5.56 Å². The second-order valence-electron chi connectivity index (χ2n) is 4.43. The fourth-order valence-corrected chi connectivity index (χ4v) is 2.18. The van der Waals surface area contributed by atoms with E-state index in [0.29, 0.717) is 18.8 Å². The topological polar surface area (TPSA) is 72.6 Å². The van der Waals surface area contributed by atoms with Gasteiger partial charge in [-0.15, -0.1) is 0 Å². The first-order chi connectivity index (χ1) is 8.31. The summed E-state index contributed by atoms with van der Waals surface area (Å²) in [5.74, 6) is 0.870. The van der Waals surface area contributed by atoms with Crippen LogP contribution < -0.4 is 10.5 Å². The molecule has 0 aliphatic rings. The third-order valence-corrected chi connectivity index (χ3v) is 3.56. The summed E-state index contributed by atoms with van der Waals surface area (Å²) >= 11 is 0. The second-order valence-corrected chi connectivity index (χ2v) is 6.69. The van der Waals surface area contributed by atoms with Crippen LogP contribution in [0, 0.1) is 0 Å². The van der Waals surface area contributed by atoms with Crippen molar-refractivity contribution in [2.75, 3.05) is 38.4 Å². The molecule has 102 valence electrons. The number of hydrogen-bond acceptors (Lipinski definition) is 5. The molecule has 0 bridgehead atoms. The maximum Gasteiger partial charge on any atom is 0.148 e. The molecule has 0 atom stereocenters. The predicted molar refractivity (Wildman–Crippen MR) is 73.5 cm³/mol. The predicted octanol–water partition coefficient (Wildman–Crippen LogP) is 0.754. The van der Waals surface area contributed by atoms with Gasteiger partial charge in [0.1, 0.15) is 15.6 Å². The van der Waals surface area contributed by atoms with Crippen LogP contribution in [0.15, 0.2) is 18.2 Å². The van der Waals surface area contributed by atoms with Crippen molar-refractivity contribution < 1.29 is 13.2 Å². The number of nitrogen functional groups attached to an aromatic ring is 1. The Morgan fingerprint density at radius 3 is 2.56 bits per heavy atom. The van der Waals surface area contributed by atoms with Crippen LogP contribution >= 0.6 is 0 Å². The third kappa shape index (κ3) is 4.93. The van der Waals surface area contributed by atoms with E-state index in [-0.39, 0.29) is 5.75 Å². The van der Waals surface area contributed by atoms with Crippen LogP contribution in [0.5, 0.6) is 5.75 Å². The van der Waals surface area contributed by atoms with Gasteiger partial charge >= 0.3 is 0 Å². The van der Waals surface area contributed by atoms with Gasteiger partial charge in [-0.1, -0.05) is 6.07 Å². The van der Waals surface area contributed by atoms with Gasteiger partial charge in [0.05, 0.1) is 12.9 Å². The van der Waals surface area contributed by atoms with E-state index in [1.807, 2.05) is 24.1 Å². The zero-order valence-electron chi connectivity index (χ0n) is 11.0. The van der Waals surface area contributed by atoms with Gasteiger partial charge in [-0.3, -0.25) is 0 Å². The molecule has 0 radical (unpaired) electrons. The third-order valence-electron chi connectivity index (χ3n) is 2.64. The van der Waals surface area contributed by atoms with Gasteiger partial charge in [-0.05, 0) is 18.7 Å². The van der Waals surface area contributed by atoms with E-state index in [2.05, 4.69) is 0 Å². The van der Waals surface area contributed by atoms with E-state index < -0.39 is 9.84 Å². The standard InChI is InChI=1S/C12H20N2O3S/c1-14(6-7-18(3,15)16)9-10-4-5-11(17-2)8-12(10)13/h4-5,8H,6-7,9,13H2,1-3H3. The van der Waals surface area contributed by atoms with Crippen molar-refractivity contribution in [3.63, 3.8) is 0 Å². The van der Waals surface area contributed by atoms with E-state index in [4.69, 9.17) is 10.5 Å². The van der Waals surface area contributed by atoms with Gasteiger partial charge in [0.25, 0.3) is 0 Å². The number of anilines is 1. The SMILES string of the molecule is COc1ccc(CN(C)CCS(C)(=O)=O)c(N)c1. The first-order valence-corrected chi connectivity index (χ1v) is 7.66. The molecule has 18 heavy (non-hydrogen) atoms. The average Bonchev–Trinajstić information content (AvgIpc) is 2.28. The van der Waals surface area contributed by atoms with Gasteiger partial charge < -0.3 is 15.4 Å². The minimum atomic E-state index is -2.93. The van der Waals surface area contributed by atoms with E-state index >= 15 is 0 Å². The highest BCUT2D eigenvalue weighted by atomic mass is 32.2. The normalized spacial score (nSPS) is 11.8. The van der Waals surface area contributed by atoms with Gasteiger partial charge in [0.2, 0.25) is 0 Å². The van der Waals surface area contributed by atoms with Crippen molar-refractivity contribution in [1.82, 2.24) is 4.90 Å². The fourth-order valence-electron chi connectivity index (χ4n) is 1.54. The van der Waals surface area contributed by atoms with Crippen molar-refractivity contribution in [2.24, 2.45) is 0 Å². The maximum absolute atomic E-state index is 11.1. The number of benzene rings is 1. The monoisotopic (exact) mass is 272 g/mol. The summed E-state index contributed by atoms with van der Waals surface area (Å²) in [7, 11) is 0.535. The molecular weight excluding hydrogens is 252 g/mol. The zero-order chi connectivity index (χ0) is 13.8. The van der Waals surface area contributed by atoms with E-state index in [1.165, 1.54) is 6.26 Å². The van der Waals surface area contributed by atoms with E-state index in [0.717, 1.165) is 11.3 Å². The molecule has 1 aromatic rings. The van der Waals surface area contributed by atoms with Crippen LogP contribution in [0.2, 0.25) is 0 Å². The lowest BCUT2D eigenvalue weighted by Crippen LogP contribution is -2.25. The molecular formula is C12H20N2O3S. The first-order valence-electron chi connectivity index (χ1n) is 5.60.